The van der Waals surface area contributed by atoms with Gasteiger partial charge in [-0.3, -0.25) is 0 Å². The normalized spacial score (nSPS) is 36.0. The van der Waals surface area contributed by atoms with Gasteiger partial charge in [-0.15, -0.1) is 0 Å². The maximum Gasteiger partial charge on any atom is -0.0128 e. The van der Waals surface area contributed by atoms with Crippen LogP contribution in [0.4, 0.5) is 0 Å². The molecule has 2 saturated carbocycles. The van der Waals surface area contributed by atoms with E-state index in [-0.39, 0.29) is 0 Å². The van der Waals surface area contributed by atoms with Gasteiger partial charge in [0.25, 0.3) is 0 Å². The van der Waals surface area contributed by atoms with Crippen LogP contribution in [0.3, 0.4) is 0 Å². The highest BCUT2D eigenvalue weighted by Gasteiger charge is 2.55. The summed E-state index contributed by atoms with van der Waals surface area (Å²) in [4.78, 5) is 0. The number of hydrogen-bond acceptors (Lipinski definition) is 0. The van der Waals surface area contributed by atoms with Crippen molar-refractivity contribution in [1.29, 1.82) is 0 Å². The van der Waals surface area contributed by atoms with E-state index in [0.717, 1.165) is 41.4 Å². The molecule has 0 spiro atoms. The third-order valence-electron chi connectivity index (χ3n) is 9.71. The lowest BCUT2D eigenvalue weighted by molar-refractivity contribution is 0.0177. The third-order valence-corrected chi connectivity index (χ3v) is 9.71. The summed E-state index contributed by atoms with van der Waals surface area (Å²) < 4.78 is 0. The molecule has 3 aliphatic carbocycles. The van der Waals surface area contributed by atoms with Crippen molar-refractivity contribution < 1.29 is 0 Å². The molecule has 1 aromatic rings. The Hall–Kier alpha value is -1.04. The van der Waals surface area contributed by atoms with Gasteiger partial charge in [0.15, 0.2) is 0 Å². The van der Waals surface area contributed by atoms with Crippen LogP contribution in [-0.4, -0.2) is 0 Å². The fourth-order valence-electron chi connectivity index (χ4n) is 7.99. The number of benzene rings is 1. The van der Waals surface area contributed by atoms with E-state index >= 15 is 0 Å². The fourth-order valence-corrected chi connectivity index (χ4v) is 7.99. The SMILES string of the molecule is CC[C@H](/C=C/[C@@H](C)[C@H]1CC[C@H]2[C@@H]3CCc4c(C)cccc4[C@H]3CC[C@]12C)C(C)C. The molecular formula is C29H44. The molecule has 7 atom stereocenters. The Morgan fingerprint density at radius 1 is 1.07 bits per heavy atom. The Bertz CT molecular complexity index is 740. The van der Waals surface area contributed by atoms with E-state index in [0.29, 0.717) is 5.41 Å². The maximum absolute atomic E-state index is 2.68. The summed E-state index contributed by atoms with van der Waals surface area (Å²) in [5.74, 6) is 5.84. The zero-order valence-corrected chi connectivity index (χ0v) is 19.9. The van der Waals surface area contributed by atoms with Gasteiger partial charge in [0.05, 0.1) is 0 Å². The van der Waals surface area contributed by atoms with Crippen LogP contribution in [0.15, 0.2) is 30.4 Å². The second-order valence-electron chi connectivity index (χ2n) is 11.3. The van der Waals surface area contributed by atoms with Crippen LogP contribution in [0.1, 0.15) is 95.8 Å². The van der Waals surface area contributed by atoms with E-state index < -0.39 is 0 Å². The number of rotatable bonds is 5. The monoisotopic (exact) mass is 392 g/mol. The summed E-state index contributed by atoms with van der Waals surface area (Å²) in [6.45, 7) is 14.6. The van der Waals surface area contributed by atoms with Crippen molar-refractivity contribution in [3.05, 3.63) is 47.0 Å². The van der Waals surface area contributed by atoms with Crippen molar-refractivity contribution in [3.63, 3.8) is 0 Å². The number of hydrogen-bond donors (Lipinski definition) is 0. The van der Waals surface area contributed by atoms with Gasteiger partial charge < -0.3 is 0 Å². The first-order chi connectivity index (χ1) is 13.9. The molecule has 0 unspecified atom stereocenters. The Morgan fingerprint density at radius 2 is 1.86 bits per heavy atom. The third kappa shape index (κ3) is 3.64. The molecule has 160 valence electrons. The smallest absolute Gasteiger partial charge is 0.0128 e. The van der Waals surface area contributed by atoms with Gasteiger partial charge in [0.2, 0.25) is 0 Å². The van der Waals surface area contributed by atoms with Gasteiger partial charge in [0.1, 0.15) is 0 Å². The minimum atomic E-state index is 0.561. The predicted octanol–water partition coefficient (Wildman–Crippen LogP) is 8.34. The summed E-state index contributed by atoms with van der Waals surface area (Å²) in [5.41, 5.74) is 5.52. The lowest BCUT2D eigenvalue weighted by Gasteiger charge is -2.52. The first-order valence-electron chi connectivity index (χ1n) is 12.6. The Kier molecular flexibility index (Phi) is 6.02. The van der Waals surface area contributed by atoms with Crippen LogP contribution in [0.5, 0.6) is 0 Å². The topological polar surface area (TPSA) is 0 Å². The Morgan fingerprint density at radius 3 is 2.59 bits per heavy atom. The summed E-state index contributed by atoms with van der Waals surface area (Å²) in [6.07, 6.45) is 15.0. The Labute approximate surface area is 180 Å². The van der Waals surface area contributed by atoms with Gasteiger partial charge in [0, 0.05) is 0 Å². The maximum atomic E-state index is 2.68. The van der Waals surface area contributed by atoms with E-state index in [1.54, 1.807) is 11.1 Å². The van der Waals surface area contributed by atoms with E-state index in [2.05, 4.69) is 71.9 Å². The highest BCUT2D eigenvalue weighted by Crippen LogP contribution is 2.64. The molecule has 0 aromatic heterocycles. The van der Waals surface area contributed by atoms with E-state index in [4.69, 9.17) is 0 Å². The molecule has 0 radical (unpaired) electrons. The Balaban J connectivity index is 1.53. The highest BCUT2D eigenvalue weighted by atomic mass is 14.6. The van der Waals surface area contributed by atoms with Gasteiger partial charge in [-0.1, -0.05) is 65.0 Å². The quantitative estimate of drug-likeness (QED) is 0.442. The standard InChI is InChI=1S/C29H44/c1-7-22(19(2)3)12-11-21(5)27-15-16-28-26-14-13-23-20(4)9-8-10-24(23)25(26)17-18-29(27,28)6/h8-12,19,21-22,25-28H,7,13-18H2,1-6H3/b12-11+/t21-,22-,25-,26-,27-,28+,29-/m1/s1. The first-order valence-corrected chi connectivity index (χ1v) is 12.6. The number of aryl methyl sites for hydroxylation is 1. The van der Waals surface area contributed by atoms with E-state index in [1.807, 2.05) is 0 Å². The van der Waals surface area contributed by atoms with Crippen molar-refractivity contribution >= 4 is 0 Å². The number of fused-ring (bicyclic) bond motifs is 5. The molecule has 29 heavy (non-hydrogen) atoms. The average Bonchev–Trinajstić information content (AvgIpc) is 3.05. The highest BCUT2D eigenvalue weighted by molar-refractivity contribution is 5.40. The largest absolute Gasteiger partial charge is 0.0851 e. The lowest BCUT2D eigenvalue weighted by atomic mass is 9.53. The molecule has 0 heterocycles. The fraction of sp³-hybridized carbons (Fsp3) is 0.724. The van der Waals surface area contributed by atoms with Crippen LogP contribution < -0.4 is 0 Å². The molecule has 3 aliphatic rings. The minimum Gasteiger partial charge on any atom is -0.0851 e. The van der Waals surface area contributed by atoms with Crippen molar-refractivity contribution in [3.8, 4) is 0 Å². The molecule has 0 aliphatic heterocycles. The van der Waals surface area contributed by atoms with E-state index in [9.17, 15) is 0 Å². The molecule has 0 amide bonds. The van der Waals surface area contributed by atoms with Crippen LogP contribution in [0.2, 0.25) is 0 Å². The minimum absolute atomic E-state index is 0.561. The zero-order valence-electron chi connectivity index (χ0n) is 19.9. The zero-order chi connectivity index (χ0) is 20.8. The van der Waals surface area contributed by atoms with Crippen molar-refractivity contribution in [1.82, 2.24) is 0 Å². The molecule has 0 bridgehead atoms. The first kappa shape index (κ1) is 21.2. The van der Waals surface area contributed by atoms with Crippen molar-refractivity contribution in [2.45, 2.75) is 92.4 Å². The second kappa shape index (κ2) is 8.24. The van der Waals surface area contributed by atoms with Gasteiger partial charge in [-0.2, -0.15) is 0 Å². The van der Waals surface area contributed by atoms with Crippen LogP contribution in [0, 0.1) is 47.8 Å². The van der Waals surface area contributed by atoms with Gasteiger partial charge in [-0.25, -0.2) is 0 Å². The molecule has 0 nitrogen and oxygen atoms in total. The summed E-state index contributed by atoms with van der Waals surface area (Å²) in [7, 11) is 0. The predicted molar refractivity (Wildman–Crippen MR) is 126 cm³/mol. The van der Waals surface area contributed by atoms with Gasteiger partial charge >= 0.3 is 0 Å². The van der Waals surface area contributed by atoms with Crippen molar-refractivity contribution in [2.75, 3.05) is 0 Å². The molecule has 1 aromatic carbocycles. The van der Waals surface area contributed by atoms with Crippen LogP contribution >= 0.6 is 0 Å². The molecule has 2 fully saturated rings. The van der Waals surface area contributed by atoms with Crippen LogP contribution in [-0.2, 0) is 6.42 Å². The molecule has 0 saturated heterocycles. The van der Waals surface area contributed by atoms with Crippen LogP contribution in [0.25, 0.3) is 0 Å². The molecule has 0 N–H and O–H groups in total. The summed E-state index contributed by atoms with van der Waals surface area (Å²) in [5, 5.41) is 0. The average molecular weight is 393 g/mol. The van der Waals surface area contributed by atoms with Gasteiger partial charge in [-0.05, 0) is 115 Å². The summed E-state index contributed by atoms with van der Waals surface area (Å²) >= 11 is 0. The molecular weight excluding hydrogens is 348 g/mol. The second-order valence-corrected chi connectivity index (χ2v) is 11.3. The van der Waals surface area contributed by atoms with Crippen molar-refractivity contribution in [2.24, 2.45) is 40.9 Å². The summed E-state index contributed by atoms with van der Waals surface area (Å²) in [6, 6.07) is 7.11. The lowest BCUT2D eigenvalue weighted by Crippen LogP contribution is -2.43. The number of allylic oxidation sites excluding steroid dienone is 2. The van der Waals surface area contributed by atoms with E-state index in [1.165, 1.54) is 50.5 Å². The molecule has 4 rings (SSSR count). The molecule has 0 heteroatoms.